The molecule has 2 fully saturated rings. The fourth-order valence-electron chi connectivity index (χ4n) is 3.37. The summed E-state index contributed by atoms with van der Waals surface area (Å²) in [7, 11) is 3.07. The highest BCUT2D eigenvalue weighted by Gasteiger charge is 2.70. The molecule has 3 rings (SSSR count). The quantitative estimate of drug-likeness (QED) is 0.288. The van der Waals surface area contributed by atoms with Crippen molar-refractivity contribution in [1.29, 1.82) is 0 Å². The summed E-state index contributed by atoms with van der Waals surface area (Å²) in [6.07, 6.45) is 3.78. The molecule has 0 aromatic carbocycles. The second-order valence-electron chi connectivity index (χ2n) is 4.36. The van der Waals surface area contributed by atoms with Gasteiger partial charge < -0.3 is 14.2 Å². The summed E-state index contributed by atoms with van der Waals surface area (Å²) in [6, 6.07) is 0. The van der Waals surface area contributed by atoms with Crippen molar-refractivity contribution in [3.8, 4) is 0 Å². The molecule has 1 saturated heterocycles. The maximum Gasteiger partial charge on any atom is 0.318 e. The Bertz CT molecular complexity index is 363. The van der Waals surface area contributed by atoms with Gasteiger partial charge in [0.05, 0.1) is 11.8 Å². The Hall–Kier alpha value is -1.20. The van der Waals surface area contributed by atoms with Crippen LogP contribution in [0.2, 0.25) is 0 Å². The van der Waals surface area contributed by atoms with Gasteiger partial charge in [-0.25, -0.2) is 0 Å². The lowest BCUT2D eigenvalue weighted by Gasteiger charge is -2.32. The highest BCUT2D eigenvalue weighted by Crippen LogP contribution is 2.59. The molecule has 5 heteroatoms. The maximum absolute atomic E-state index is 11.6. The van der Waals surface area contributed by atoms with Gasteiger partial charge in [-0.2, -0.15) is 0 Å². The minimum Gasteiger partial charge on any atom is -0.393 e. The van der Waals surface area contributed by atoms with E-state index in [1.807, 2.05) is 12.2 Å². The van der Waals surface area contributed by atoms with E-state index in [-0.39, 0.29) is 11.8 Å². The molecule has 16 heavy (non-hydrogen) atoms. The van der Waals surface area contributed by atoms with Crippen LogP contribution in [0.15, 0.2) is 12.2 Å². The van der Waals surface area contributed by atoms with Crippen molar-refractivity contribution in [1.82, 2.24) is 0 Å². The number of hydrogen-bond acceptors (Lipinski definition) is 5. The smallest absolute Gasteiger partial charge is 0.318 e. The number of carbonyl (C=O) groups is 2. The second kappa shape index (κ2) is 2.93. The van der Waals surface area contributed by atoms with Gasteiger partial charge in [0.1, 0.15) is 0 Å². The maximum atomic E-state index is 11.6. The Morgan fingerprint density at radius 1 is 1.06 bits per heavy atom. The molecule has 1 aliphatic heterocycles. The zero-order valence-electron chi connectivity index (χ0n) is 9.01. The van der Waals surface area contributed by atoms with Gasteiger partial charge in [0.25, 0.3) is 0 Å². The van der Waals surface area contributed by atoms with Crippen LogP contribution < -0.4 is 0 Å². The summed E-state index contributed by atoms with van der Waals surface area (Å²) in [5.41, 5.74) is 0. The molecule has 1 saturated carbocycles. The van der Waals surface area contributed by atoms with E-state index in [0.29, 0.717) is 0 Å². The molecular formula is C11H12O5. The number of ether oxygens (including phenoxy) is 3. The minimum absolute atomic E-state index is 0.226. The monoisotopic (exact) mass is 224 g/mol. The van der Waals surface area contributed by atoms with Gasteiger partial charge in [-0.1, -0.05) is 12.2 Å². The lowest BCUT2D eigenvalue weighted by molar-refractivity contribution is -0.236. The molecule has 5 nitrogen and oxygen atoms in total. The van der Waals surface area contributed by atoms with Gasteiger partial charge in [0.2, 0.25) is 0 Å². The number of hydrogen-bond donors (Lipinski definition) is 0. The average Bonchev–Trinajstić information content (AvgIpc) is 2.87. The second-order valence-corrected chi connectivity index (χ2v) is 4.36. The van der Waals surface area contributed by atoms with Crippen LogP contribution in [0.4, 0.5) is 0 Å². The molecule has 1 heterocycles. The van der Waals surface area contributed by atoms with Crippen LogP contribution in [0.3, 0.4) is 0 Å². The predicted molar refractivity (Wildman–Crippen MR) is 50.9 cm³/mol. The largest absolute Gasteiger partial charge is 0.393 e. The van der Waals surface area contributed by atoms with E-state index >= 15 is 0 Å². The topological polar surface area (TPSA) is 61.8 Å². The van der Waals surface area contributed by atoms with Gasteiger partial charge in [-0.3, -0.25) is 9.59 Å². The molecule has 0 N–H and O–H groups in total. The molecule has 0 unspecified atom stereocenters. The van der Waals surface area contributed by atoms with Crippen LogP contribution in [-0.2, 0) is 23.8 Å². The molecule has 3 aliphatic rings. The Kier molecular flexibility index (Phi) is 1.83. The number of carbonyl (C=O) groups excluding carboxylic acids is 2. The Balaban J connectivity index is 2.09. The van der Waals surface area contributed by atoms with Crippen LogP contribution in [0.25, 0.3) is 0 Å². The molecule has 2 bridgehead atoms. The number of esters is 2. The first-order valence-corrected chi connectivity index (χ1v) is 5.20. The van der Waals surface area contributed by atoms with Gasteiger partial charge in [0.15, 0.2) is 5.79 Å². The number of cyclic esters (lactones) is 2. The van der Waals surface area contributed by atoms with Crippen molar-refractivity contribution < 1.29 is 23.8 Å². The highest BCUT2D eigenvalue weighted by atomic mass is 16.7. The van der Waals surface area contributed by atoms with Gasteiger partial charge in [-0.15, -0.1) is 0 Å². The standard InChI is InChI=1S/C11H12O5/c1-14-11(15-2)5-3-4-6(11)8-7(5)9(12)16-10(8)13/h3-8H,1-2H3/t5-,6-,7+,8+/m0/s1. The van der Waals surface area contributed by atoms with E-state index < -0.39 is 29.6 Å². The zero-order valence-corrected chi connectivity index (χ0v) is 9.01. The van der Waals surface area contributed by atoms with Gasteiger partial charge in [-0.05, 0) is 0 Å². The molecule has 0 radical (unpaired) electrons. The zero-order chi connectivity index (χ0) is 11.5. The van der Waals surface area contributed by atoms with Crippen molar-refractivity contribution in [3.63, 3.8) is 0 Å². The first-order chi connectivity index (χ1) is 7.65. The van der Waals surface area contributed by atoms with Crippen molar-refractivity contribution in [3.05, 3.63) is 12.2 Å². The van der Waals surface area contributed by atoms with Crippen LogP contribution in [0, 0.1) is 23.7 Å². The summed E-state index contributed by atoms with van der Waals surface area (Å²) >= 11 is 0. The van der Waals surface area contributed by atoms with E-state index in [1.165, 1.54) is 14.2 Å². The molecule has 4 atom stereocenters. The van der Waals surface area contributed by atoms with E-state index in [4.69, 9.17) is 9.47 Å². The fraction of sp³-hybridized carbons (Fsp3) is 0.636. The highest BCUT2D eigenvalue weighted by molar-refractivity contribution is 5.98. The van der Waals surface area contributed by atoms with Crippen molar-refractivity contribution >= 4 is 11.9 Å². The van der Waals surface area contributed by atoms with E-state index in [0.717, 1.165) is 0 Å². The van der Waals surface area contributed by atoms with Crippen LogP contribution in [-0.4, -0.2) is 31.9 Å². The third kappa shape index (κ3) is 0.850. The van der Waals surface area contributed by atoms with Crippen molar-refractivity contribution in [2.75, 3.05) is 14.2 Å². The lowest BCUT2D eigenvalue weighted by Crippen LogP contribution is -2.42. The molecule has 0 amide bonds. The summed E-state index contributed by atoms with van der Waals surface area (Å²) in [5, 5.41) is 0. The lowest BCUT2D eigenvalue weighted by atomic mass is 9.85. The van der Waals surface area contributed by atoms with Crippen molar-refractivity contribution in [2.45, 2.75) is 5.79 Å². The van der Waals surface area contributed by atoms with Crippen LogP contribution >= 0.6 is 0 Å². The Morgan fingerprint density at radius 3 is 1.88 bits per heavy atom. The summed E-state index contributed by atoms with van der Waals surface area (Å²) in [5.74, 6) is -3.11. The average molecular weight is 224 g/mol. The number of methoxy groups -OCH3 is 2. The van der Waals surface area contributed by atoms with Crippen LogP contribution in [0.1, 0.15) is 0 Å². The van der Waals surface area contributed by atoms with E-state index in [1.54, 1.807) is 0 Å². The van der Waals surface area contributed by atoms with Gasteiger partial charge >= 0.3 is 11.9 Å². The fourth-order valence-corrected chi connectivity index (χ4v) is 3.37. The number of fused-ring (bicyclic) bond motifs is 5. The van der Waals surface area contributed by atoms with E-state index in [9.17, 15) is 9.59 Å². The third-order valence-electron chi connectivity index (χ3n) is 4.00. The van der Waals surface area contributed by atoms with Crippen molar-refractivity contribution in [2.24, 2.45) is 23.7 Å². The molecule has 2 aliphatic carbocycles. The normalized spacial score (nSPS) is 42.6. The molecular weight excluding hydrogens is 212 g/mol. The Morgan fingerprint density at radius 2 is 1.50 bits per heavy atom. The van der Waals surface area contributed by atoms with Crippen LogP contribution in [0.5, 0.6) is 0 Å². The Labute approximate surface area is 92.3 Å². The third-order valence-corrected chi connectivity index (χ3v) is 4.00. The minimum atomic E-state index is -0.871. The number of rotatable bonds is 2. The molecule has 0 aromatic heterocycles. The molecule has 0 aromatic rings. The van der Waals surface area contributed by atoms with E-state index in [2.05, 4.69) is 4.74 Å². The van der Waals surface area contributed by atoms with Gasteiger partial charge in [0, 0.05) is 26.1 Å². The summed E-state index contributed by atoms with van der Waals surface area (Å²) in [6.45, 7) is 0. The molecule has 86 valence electrons. The SMILES string of the molecule is COC1(OC)[C@H]2C=C[C@H]1[C@H]1C(=O)OC(=O)[C@@H]12. The predicted octanol–water partition coefficient (Wildman–Crippen LogP) is 0.107. The first kappa shape index (κ1) is 9.99. The summed E-state index contributed by atoms with van der Waals surface area (Å²) < 4.78 is 15.5. The molecule has 0 spiro atoms. The first-order valence-electron chi connectivity index (χ1n) is 5.20. The summed E-state index contributed by atoms with van der Waals surface area (Å²) in [4.78, 5) is 23.2.